The lowest BCUT2D eigenvalue weighted by Gasteiger charge is -2.15. The van der Waals surface area contributed by atoms with Gasteiger partial charge in [0.05, 0.1) is 0 Å². The summed E-state index contributed by atoms with van der Waals surface area (Å²) in [5, 5.41) is 0. The van der Waals surface area contributed by atoms with Crippen molar-refractivity contribution in [3.63, 3.8) is 0 Å². The van der Waals surface area contributed by atoms with Crippen molar-refractivity contribution < 1.29 is 14.0 Å². The quantitative estimate of drug-likeness (QED) is 0.724. The molecule has 0 radical (unpaired) electrons. The van der Waals surface area contributed by atoms with Gasteiger partial charge < -0.3 is 4.90 Å². The zero-order valence-corrected chi connectivity index (χ0v) is 9.37. The van der Waals surface area contributed by atoms with Gasteiger partial charge in [-0.2, -0.15) is 0 Å². The summed E-state index contributed by atoms with van der Waals surface area (Å²) in [6.45, 7) is 1.64. The molecule has 16 heavy (non-hydrogen) atoms. The van der Waals surface area contributed by atoms with E-state index in [1.54, 1.807) is 19.2 Å². The summed E-state index contributed by atoms with van der Waals surface area (Å²) >= 11 is 0. The molecule has 4 heteroatoms. The van der Waals surface area contributed by atoms with Gasteiger partial charge in [-0.25, -0.2) is 4.39 Å². The van der Waals surface area contributed by atoms with E-state index >= 15 is 0 Å². The molecule has 0 unspecified atom stereocenters. The maximum absolute atomic E-state index is 12.8. The minimum Gasteiger partial charge on any atom is -0.339 e. The van der Waals surface area contributed by atoms with Gasteiger partial charge in [-0.15, -0.1) is 0 Å². The Kier molecular flexibility index (Phi) is 4.17. The molecule has 0 heterocycles. The topological polar surface area (TPSA) is 37.4 Å². The molecule has 0 fully saturated rings. The van der Waals surface area contributed by atoms with E-state index < -0.39 is 11.7 Å². The first-order valence-corrected chi connectivity index (χ1v) is 5.01. The normalized spacial score (nSPS) is 9.94. The van der Waals surface area contributed by atoms with E-state index in [1.165, 1.54) is 24.0 Å². The van der Waals surface area contributed by atoms with Gasteiger partial charge in [0.2, 0.25) is 5.78 Å². The third-order valence-corrected chi connectivity index (χ3v) is 2.27. The van der Waals surface area contributed by atoms with Gasteiger partial charge in [0.15, 0.2) is 0 Å². The highest BCUT2D eigenvalue weighted by atomic mass is 19.1. The number of amides is 1. The van der Waals surface area contributed by atoms with Crippen LogP contribution < -0.4 is 0 Å². The lowest BCUT2D eigenvalue weighted by Crippen LogP contribution is -2.33. The molecule has 3 nitrogen and oxygen atoms in total. The zero-order chi connectivity index (χ0) is 12.1. The van der Waals surface area contributed by atoms with Crippen molar-refractivity contribution in [1.82, 2.24) is 4.90 Å². The standard InChI is InChI=1S/C12H14FNO2/c1-9(15)12(16)14(2)7-6-10-4-3-5-11(13)8-10/h3-5,8H,6-7H2,1-2H3. The second kappa shape index (κ2) is 5.39. The fraction of sp³-hybridized carbons (Fsp3) is 0.333. The summed E-state index contributed by atoms with van der Waals surface area (Å²) in [7, 11) is 1.56. The van der Waals surface area contributed by atoms with Gasteiger partial charge in [-0.3, -0.25) is 9.59 Å². The van der Waals surface area contributed by atoms with Gasteiger partial charge in [0.25, 0.3) is 5.91 Å². The van der Waals surface area contributed by atoms with Crippen LogP contribution >= 0.6 is 0 Å². The highest BCUT2D eigenvalue weighted by Crippen LogP contribution is 2.04. The van der Waals surface area contributed by atoms with Crippen LogP contribution in [0.15, 0.2) is 24.3 Å². The average Bonchev–Trinajstić information content (AvgIpc) is 2.24. The number of carbonyl (C=O) groups excluding carboxylic acids is 2. The van der Waals surface area contributed by atoms with Crippen molar-refractivity contribution in [3.8, 4) is 0 Å². The number of hydrogen-bond acceptors (Lipinski definition) is 2. The molecule has 0 aliphatic carbocycles. The molecule has 0 aliphatic rings. The van der Waals surface area contributed by atoms with Crippen LogP contribution in [0, 0.1) is 5.82 Å². The number of Topliss-reactive ketones (excluding diaryl/α,β-unsaturated/α-hetero) is 1. The lowest BCUT2D eigenvalue weighted by atomic mass is 10.1. The Labute approximate surface area is 93.9 Å². The number of nitrogens with zero attached hydrogens (tertiary/aromatic N) is 1. The summed E-state index contributed by atoms with van der Waals surface area (Å²) in [5.41, 5.74) is 0.809. The molecule has 0 saturated carbocycles. The first kappa shape index (κ1) is 12.4. The second-order valence-electron chi connectivity index (χ2n) is 3.66. The van der Waals surface area contributed by atoms with Crippen LogP contribution in [0.5, 0.6) is 0 Å². The molecule has 0 aliphatic heterocycles. The number of carbonyl (C=O) groups is 2. The Hall–Kier alpha value is -1.71. The maximum atomic E-state index is 12.8. The van der Waals surface area contributed by atoms with E-state index in [9.17, 15) is 14.0 Å². The molecule has 0 N–H and O–H groups in total. The van der Waals surface area contributed by atoms with Crippen LogP contribution in [-0.4, -0.2) is 30.2 Å². The number of halogens is 1. The zero-order valence-electron chi connectivity index (χ0n) is 9.37. The van der Waals surface area contributed by atoms with E-state index in [2.05, 4.69) is 0 Å². The van der Waals surface area contributed by atoms with Crippen LogP contribution in [0.1, 0.15) is 12.5 Å². The predicted molar refractivity (Wildman–Crippen MR) is 58.4 cm³/mol. The lowest BCUT2D eigenvalue weighted by molar-refractivity contribution is -0.142. The SMILES string of the molecule is CC(=O)C(=O)N(C)CCc1cccc(F)c1. The highest BCUT2D eigenvalue weighted by Gasteiger charge is 2.13. The molecule has 0 atom stereocenters. The smallest absolute Gasteiger partial charge is 0.289 e. The second-order valence-corrected chi connectivity index (χ2v) is 3.66. The monoisotopic (exact) mass is 223 g/mol. The summed E-state index contributed by atoms with van der Waals surface area (Å²) in [5.74, 6) is -1.30. The van der Waals surface area contributed by atoms with E-state index in [0.717, 1.165) is 5.56 Å². The highest BCUT2D eigenvalue weighted by molar-refractivity contribution is 6.34. The van der Waals surface area contributed by atoms with Crippen molar-refractivity contribution >= 4 is 11.7 Å². The predicted octanol–water partition coefficient (Wildman–Crippen LogP) is 1.42. The van der Waals surface area contributed by atoms with Crippen molar-refractivity contribution in [2.75, 3.05) is 13.6 Å². The van der Waals surface area contributed by atoms with Crippen LogP contribution in [0.4, 0.5) is 4.39 Å². The van der Waals surface area contributed by atoms with Crippen molar-refractivity contribution in [2.24, 2.45) is 0 Å². The molecule has 1 aromatic rings. The Bertz CT molecular complexity index is 404. The Morgan fingerprint density at radius 3 is 2.62 bits per heavy atom. The number of benzene rings is 1. The van der Waals surface area contributed by atoms with Gasteiger partial charge >= 0.3 is 0 Å². The Morgan fingerprint density at radius 2 is 2.06 bits per heavy atom. The van der Waals surface area contributed by atoms with E-state index in [4.69, 9.17) is 0 Å². The summed E-state index contributed by atoms with van der Waals surface area (Å²) in [6, 6.07) is 6.20. The Morgan fingerprint density at radius 1 is 1.38 bits per heavy atom. The third-order valence-electron chi connectivity index (χ3n) is 2.27. The van der Waals surface area contributed by atoms with Gasteiger partial charge in [0, 0.05) is 20.5 Å². The molecule has 1 amide bonds. The maximum Gasteiger partial charge on any atom is 0.289 e. The van der Waals surface area contributed by atoms with E-state index in [0.29, 0.717) is 13.0 Å². The van der Waals surface area contributed by atoms with Crippen molar-refractivity contribution in [1.29, 1.82) is 0 Å². The van der Waals surface area contributed by atoms with Crippen LogP contribution in [0.3, 0.4) is 0 Å². The molecule has 0 saturated heterocycles. The summed E-state index contributed by atoms with van der Waals surface area (Å²) < 4.78 is 12.8. The fourth-order valence-corrected chi connectivity index (χ4v) is 1.36. The van der Waals surface area contributed by atoms with Gasteiger partial charge in [-0.05, 0) is 24.1 Å². The van der Waals surface area contributed by atoms with Crippen LogP contribution in [0.25, 0.3) is 0 Å². The summed E-state index contributed by atoms with van der Waals surface area (Å²) in [4.78, 5) is 23.4. The minimum absolute atomic E-state index is 0.293. The van der Waals surface area contributed by atoms with Crippen LogP contribution in [-0.2, 0) is 16.0 Å². The van der Waals surface area contributed by atoms with Crippen molar-refractivity contribution in [3.05, 3.63) is 35.6 Å². The third kappa shape index (κ3) is 3.46. The summed E-state index contributed by atoms with van der Waals surface area (Å²) in [6.07, 6.45) is 0.535. The average molecular weight is 223 g/mol. The van der Waals surface area contributed by atoms with Crippen molar-refractivity contribution in [2.45, 2.75) is 13.3 Å². The number of hydrogen-bond donors (Lipinski definition) is 0. The molecule has 1 aromatic carbocycles. The first-order valence-electron chi connectivity index (χ1n) is 5.01. The minimum atomic E-state index is -0.517. The molecule has 0 spiro atoms. The van der Waals surface area contributed by atoms with Crippen LogP contribution in [0.2, 0.25) is 0 Å². The molecule has 0 bridgehead atoms. The molecule has 1 rings (SSSR count). The molecular formula is C12H14FNO2. The number of ketones is 1. The largest absolute Gasteiger partial charge is 0.339 e. The fourth-order valence-electron chi connectivity index (χ4n) is 1.36. The van der Waals surface area contributed by atoms with E-state index in [1.807, 2.05) is 0 Å². The molecule has 0 aromatic heterocycles. The number of rotatable bonds is 4. The van der Waals surface area contributed by atoms with Gasteiger partial charge in [0.1, 0.15) is 5.82 Å². The molecular weight excluding hydrogens is 209 g/mol. The Balaban J connectivity index is 2.52. The number of likely N-dealkylation sites (N-methyl/N-ethyl adjacent to an activating group) is 1. The van der Waals surface area contributed by atoms with Gasteiger partial charge in [-0.1, -0.05) is 12.1 Å². The molecule has 86 valence electrons. The first-order chi connectivity index (χ1) is 7.50. The van der Waals surface area contributed by atoms with E-state index in [-0.39, 0.29) is 5.82 Å².